The maximum Gasteiger partial charge on any atom is 0.328 e. The zero-order valence-electron chi connectivity index (χ0n) is 13.7. The molecule has 0 fully saturated rings. The van der Waals surface area contributed by atoms with Gasteiger partial charge in [0.15, 0.2) is 0 Å². The van der Waals surface area contributed by atoms with Crippen LogP contribution in [0.1, 0.15) is 18.1 Å². The van der Waals surface area contributed by atoms with Gasteiger partial charge in [0, 0.05) is 34.8 Å². The van der Waals surface area contributed by atoms with Gasteiger partial charge in [0.2, 0.25) is 5.88 Å². The summed E-state index contributed by atoms with van der Waals surface area (Å²) in [7, 11) is 0. The summed E-state index contributed by atoms with van der Waals surface area (Å²) < 4.78 is 2.25. The van der Waals surface area contributed by atoms with Crippen molar-refractivity contribution in [3.05, 3.63) is 74.4 Å². The van der Waals surface area contributed by atoms with Crippen LogP contribution in [-0.2, 0) is 13.0 Å². The second-order valence-corrected chi connectivity index (χ2v) is 6.03. The largest absolute Gasteiger partial charge is 0.494 e. The summed E-state index contributed by atoms with van der Waals surface area (Å²) in [4.78, 5) is 27.5. The van der Waals surface area contributed by atoms with Gasteiger partial charge in [-0.2, -0.15) is 0 Å². The van der Waals surface area contributed by atoms with Crippen LogP contribution in [0.25, 0.3) is 21.8 Å². The molecule has 2 heterocycles. The highest BCUT2D eigenvalue weighted by atomic mass is 16.3. The Labute approximate surface area is 142 Å². The number of fused-ring (bicyclic) bond motifs is 3. The highest BCUT2D eigenvalue weighted by molar-refractivity contribution is 6.08. The summed E-state index contributed by atoms with van der Waals surface area (Å²) >= 11 is 0. The van der Waals surface area contributed by atoms with E-state index in [4.69, 9.17) is 0 Å². The van der Waals surface area contributed by atoms with Crippen LogP contribution in [0.2, 0.25) is 0 Å². The highest BCUT2D eigenvalue weighted by Crippen LogP contribution is 2.30. The first-order valence-corrected chi connectivity index (χ1v) is 8.12. The highest BCUT2D eigenvalue weighted by Gasteiger charge is 2.13. The molecule has 3 N–H and O–H groups in total. The Morgan fingerprint density at radius 1 is 1.00 bits per heavy atom. The molecule has 4 aromatic rings. The van der Waals surface area contributed by atoms with Gasteiger partial charge < -0.3 is 9.67 Å². The maximum atomic E-state index is 12.0. The van der Waals surface area contributed by atoms with E-state index < -0.39 is 11.2 Å². The van der Waals surface area contributed by atoms with Crippen molar-refractivity contribution < 1.29 is 5.11 Å². The fraction of sp³-hybridized carbons (Fsp3) is 0.158. The second kappa shape index (κ2) is 5.66. The first-order valence-electron chi connectivity index (χ1n) is 8.12. The third-order valence-corrected chi connectivity index (χ3v) is 4.55. The number of hydrogen-bond donors (Lipinski definition) is 3. The van der Waals surface area contributed by atoms with E-state index in [0.29, 0.717) is 0 Å². The number of aromatic nitrogens is 3. The number of hydrogen-bond acceptors (Lipinski definition) is 3. The Bertz CT molecular complexity index is 1210. The Morgan fingerprint density at radius 2 is 1.76 bits per heavy atom. The van der Waals surface area contributed by atoms with Gasteiger partial charge in [-0.05, 0) is 30.7 Å². The molecule has 126 valence electrons. The standard InChI is InChI=1S/C19H17N3O3/c1-2-22-15-6-4-3-5-12(15)13-9-11(7-8-16(13)22)10-14-17(23)20-19(25)21-18(14)24/h3-9H,2,10H2,1H3,(H3,20,21,23,24,25). The summed E-state index contributed by atoms with van der Waals surface area (Å²) in [6, 6.07) is 14.2. The van der Waals surface area contributed by atoms with Gasteiger partial charge in [0.1, 0.15) is 0 Å². The van der Waals surface area contributed by atoms with Crippen LogP contribution in [0.15, 0.2) is 52.1 Å². The number of benzene rings is 2. The number of nitrogens with zero attached hydrogens (tertiary/aromatic N) is 1. The zero-order chi connectivity index (χ0) is 17.6. The fourth-order valence-electron chi connectivity index (χ4n) is 3.42. The van der Waals surface area contributed by atoms with Crippen molar-refractivity contribution in [3.8, 4) is 5.88 Å². The third-order valence-electron chi connectivity index (χ3n) is 4.55. The van der Waals surface area contributed by atoms with Gasteiger partial charge in [-0.25, -0.2) is 4.79 Å². The quantitative estimate of drug-likeness (QED) is 0.537. The number of aromatic hydroxyl groups is 1. The van der Waals surface area contributed by atoms with E-state index in [0.717, 1.165) is 28.4 Å². The summed E-state index contributed by atoms with van der Waals surface area (Å²) in [5.74, 6) is -0.384. The summed E-state index contributed by atoms with van der Waals surface area (Å²) in [6.45, 7) is 2.97. The molecule has 25 heavy (non-hydrogen) atoms. The predicted octanol–water partition coefficient (Wildman–Crippen LogP) is 2.49. The van der Waals surface area contributed by atoms with Crippen molar-refractivity contribution >= 4 is 21.8 Å². The minimum atomic E-state index is -0.715. The molecule has 6 heteroatoms. The van der Waals surface area contributed by atoms with Crippen LogP contribution in [0.4, 0.5) is 0 Å². The maximum absolute atomic E-state index is 12.0. The zero-order valence-corrected chi connectivity index (χ0v) is 13.7. The minimum absolute atomic E-state index is 0.151. The van der Waals surface area contributed by atoms with Crippen LogP contribution in [0, 0.1) is 0 Å². The van der Waals surface area contributed by atoms with Gasteiger partial charge in [-0.15, -0.1) is 0 Å². The van der Waals surface area contributed by atoms with Crippen LogP contribution >= 0.6 is 0 Å². The molecule has 0 aliphatic carbocycles. The molecule has 0 spiro atoms. The van der Waals surface area contributed by atoms with Crippen molar-refractivity contribution in [2.24, 2.45) is 0 Å². The number of aryl methyl sites for hydroxylation is 1. The molecule has 4 rings (SSSR count). The van der Waals surface area contributed by atoms with Crippen molar-refractivity contribution in [2.45, 2.75) is 19.9 Å². The first kappa shape index (κ1) is 15.3. The molecule has 0 amide bonds. The molecule has 0 aliphatic rings. The molecule has 0 atom stereocenters. The second-order valence-electron chi connectivity index (χ2n) is 6.03. The van der Waals surface area contributed by atoms with Crippen molar-refractivity contribution in [1.29, 1.82) is 0 Å². The van der Waals surface area contributed by atoms with Gasteiger partial charge in [-0.3, -0.25) is 14.8 Å². The van der Waals surface area contributed by atoms with Crippen LogP contribution < -0.4 is 11.2 Å². The molecule has 0 saturated heterocycles. The van der Waals surface area contributed by atoms with E-state index >= 15 is 0 Å². The fourth-order valence-corrected chi connectivity index (χ4v) is 3.42. The van der Waals surface area contributed by atoms with Crippen LogP contribution in [0.5, 0.6) is 5.88 Å². The average molecular weight is 335 g/mol. The van der Waals surface area contributed by atoms with Crippen molar-refractivity contribution in [1.82, 2.24) is 14.5 Å². The molecule has 0 saturated carbocycles. The van der Waals surface area contributed by atoms with Crippen LogP contribution in [-0.4, -0.2) is 19.6 Å². The van der Waals surface area contributed by atoms with Gasteiger partial charge in [0.05, 0.1) is 5.56 Å². The van der Waals surface area contributed by atoms with Crippen molar-refractivity contribution in [3.63, 3.8) is 0 Å². The number of H-pyrrole nitrogens is 2. The number of nitrogens with one attached hydrogen (secondary N) is 2. The summed E-state index contributed by atoms with van der Waals surface area (Å²) in [5.41, 5.74) is 2.05. The lowest BCUT2D eigenvalue weighted by atomic mass is 10.0. The normalized spacial score (nSPS) is 11.4. The summed E-state index contributed by atoms with van der Waals surface area (Å²) in [5, 5.41) is 12.1. The molecule has 6 nitrogen and oxygen atoms in total. The van der Waals surface area contributed by atoms with E-state index in [1.807, 2.05) is 30.3 Å². The van der Waals surface area contributed by atoms with Crippen LogP contribution in [0.3, 0.4) is 0 Å². The van der Waals surface area contributed by atoms with E-state index in [2.05, 4.69) is 33.6 Å². The molecule has 2 aromatic carbocycles. The first-order chi connectivity index (χ1) is 12.1. The Balaban J connectivity index is 1.89. The van der Waals surface area contributed by atoms with E-state index in [1.165, 1.54) is 5.52 Å². The smallest absolute Gasteiger partial charge is 0.328 e. The van der Waals surface area contributed by atoms with E-state index in [9.17, 15) is 14.7 Å². The minimum Gasteiger partial charge on any atom is -0.494 e. The molecule has 2 aromatic heterocycles. The molecular formula is C19H17N3O3. The molecule has 0 unspecified atom stereocenters. The molecule has 0 bridgehead atoms. The molecular weight excluding hydrogens is 318 g/mol. The predicted molar refractivity (Wildman–Crippen MR) is 97.3 cm³/mol. The molecule has 0 aliphatic heterocycles. The lowest BCUT2D eigenvalue weighted by Crippen LogP contribution is -2.25. The number of aromatic amines is 2. The van der Waals surface area contributed by atoms with Gasteiger partial charge in [-0.1, -0.05) is 24.3 Å². The Hall–Kier alpha value is -3.28. The van der Waals surface area contributed by atoms with Crippen molar-refractivity contribution in [2.75, 3.05) is 0 Å². The van der Waals surface area contributed by atoms with Gasteiger partial charge in [0.25, 0.3) is 5.56 Å². The monoisotopic (exact) mass is 335 g/mol. The lowest BCUT2D eigenvalue weighted by Gasteiger charge is -2.05. The van der Waals surface area contributed by atoms with E-state index in [1.54, 1.807) is 0 Å². The van der Waals surface area contributed by atoms with Gasteiger partial charge >= 0.3 is 5.69 Å². The summed E-state index contributed by atoms with van der Waals surface area (Å²) in [6.07, 6.45) is 0.236. The average Bonchev–Trinajstić information content (AvgIpc) is 2.91. The molecule has 0 radical (unpaired) electrons. The number of para-hydroxylation sites is 1. The topological polar surface area (TPSA) is 90.9 Å². The third kappa shape index (κ3) is 2.42. The SMILES string of the molecule is CCn1c2ccccc2c2cc(Cc3c(O)[nH]c(=O)[nH]c3=O)ccc21. The lowest BCUT2D eigenvalue weighted by molar-refractivity contribution is 0.441. The Kier molecular flexibility index (Phi) is 3.46. The Morgan fingerprint density at radius 3 is 2.52 bits per heavy atom. The van der Waals surface area contributed by atoms with E-state index in [-0.39, 0.29) is 17.9 Å². The number of rotatable bonds is 3.